The second-order valence-electron chi connectivity index (χ2n) is 14.3. The number of rotatable bonds is 15. The van der Waals surface area contributed by atoms with E-state index < -0.39 is 36.0 Å². The summed E-state index contributed by atoms with van der Waals surface area (Å²) in [5.41, 5.74) is 3.12. The van der Waals surface area contributed by atoms with Gasteiger partial charge in [0.05, 0.1) is 37.5 Å². The zero-order chi connectivity index (χ0) is 36.2. The van der Waals surface area contributed by atoms with Crippen molar-refractivity contribution >= 4 is 18.1 Å². The number of hydrogen-bond donors (Lipinski definition) is 3. The van der Waals surface area contributed by atoms with Crippen LogP contribution in [0, 0.1) is 0 Å². The Bertz CT molecular complexity index is 1590. The van der Waals surface area contributed by atoms with Gasteiger partial charge < -0.3 is 34.6 Å². The maximum Gasteiger partial charge on any atom is 0.407 e. The number of hydrogen-bond acceptors (Lipinski definition) is 8. The van der Waals surface area contributed by atoms with E-state index >= 15 is 0 Å². The van der Waals surface area contributed by atoms with Gasteiger partial charge in [-0.25, -0.2) is 4.79 Å². The molecule has 274 valence electrons. The normalized spacial score (nSPS) is 18.9. The van der Waals surface area contributed by atoms with Crippen LogP contribution in [0.25, 0.3) is 6.08 Å². The number of morpholine rings is 1. The number of amides is 2. The number of alkyl carbamates (subject to hydrolysis) is 1. The van der Waals surface area contributed by atoms with E-state index in [2.05, 4.69) is 10.2 Å². The summed E-state index contributed by atoms with van der Waals surface area (Å²) in [5.74, 6) is 0.577. The SMILES string of the molecule is CC(C)(C)OC(=O)N[C@@H](Cc1ccccc1)[C@@H](O)CCC(=O)N(CC=Cc1cccc(OCCN2CCOCC2)c1)[C@H]1c2ccccc2C[C@H]1O. The Kier molecular flexibility index (Phi) is 13.7. The van der Waals surface area contributed by atoms with Crippen LogP contribution in [-0.4, -0.2) is 102 Å². The average Bonchev–Trinajstić information content (AvgIpc) is 3.44. The zero-order valence-electron chi connectivity index (χ0n) is 30.1. The molecule has 1 aliphatic heterocycles. The maximum absolute atomic E-state index is 14.1. The lowest BCUT2D eigenvalue weighted by Crippen LogP contribution is -2.47. The van der Waals surface area contributed by atoms with Crippen LogP contribution >= 0.6 is 0 Å². The van der Waals surface area contributed by atoms with E-state index in [1.165, 1.54) is 0 Å². The maximum atomic E-state index is 14.1. The van der Waals surface area contributed by atoms with Crippen molar-refractivity contribution in [3.05, 3.63) is 107 Å². The molecule has 3 aromatic carbocycles. The van der Waals surface area contributed by atoms with E-state index in [9.17, 15) is 19.8 Å². The topological polar surface area (TPSA) is 121 Å². The van der Waals surface area contributed by atoms with Crippen LogP contribution in [0.3, 0.4) is 0 Å². The van der Waals surface area contributed by atoms with Gasteiger partial charge in [0.2, 0.25) is 5.91 Å². The molecule has 1 heterocycles. The molecule has 2 aliphatic rings. The lowest BCUT2D eigenvalue weighted by Gasteiger charge is -2.32. The standard InChI is InChI=1S/C41H53N3O7/c1-41(2,3)51-40(48)42-35(28-31-11-5-4-6-12-31)36(45)18-19-38(47)44(39-34-17-8-7-15-32(34)29-37(39)46)20-10-14-30-13-9-16-33(27-30)50-26-23-43-21-24-49-25-22-43/h4-17,27,35-37,39,45-46H,18-26,28-29H2,1-3H3,(H,42,48)/t35-,36-,37+,39-/m0/s1. The molecule has 1 fully saturated rings. The molecule has 0 saturated carbocycles. The molecule has 3 N–H and O–H groups in total. The van der Waals surface area contributed by atoms with Gasteiger partial charge >= 0.3 is 6.09 Å². The van der Waals surface area contributed by atoms with Crippen LogP contribution in [0.1, 0.15) is 61.9 Å². The van der Waals surface area contributed by atoms with Crippen LogP contribution in [0.5, 0.6) is 5.75 Å². The highest BCUT2D eigenvalue weighted by atomic mass is 16.6. The molecule has 5 rings (SSSR count). The predicted octanol–water partition coefficient (Wildman–Crippen LogP) is 5.17. The molecule has 1 aliphatic carbocycles. The van der Waals surface area contributed by atoms with Gasteiger partial charge in [0, 0.05) is 39.0 Å². The minimum absolute atomic E-state index is 0.0220. The van der Waals surface area contributed by atoms with Crippen LogP contribution in [0.4, 0.5) is 4.79 Å². The van der Waals surface area contributed by atoms with E-state index in [0.29, 0.717) is 19.4 Å². The van der Waals surface area contributed by atoms with E-state index in [4.69, 9.17) is 14.2 Å². The molecule has 51 heavy (non-hydrogen) atoms. The van der Waals surface area contributed by atoms with Crippen LogP contribution in [-0.2, 0) is 27.1 Å². The zero-order valence-corrected chi connectivity index (χ0v) is 30.1. The molecule has 10 heteroatoms. The van der Waals surface area contributed by atoms with Gasteiger partial charge in [0.25, 0.3) is 0 Å². The summed E-state index contributed by atoms with van der Waals surface area (Å²) in [5, 5.41) is 25.4. The number of carbonyl (C=O) groups excluding carboxylic acids is 2. The summed E-state index contributed by atoms with van der Waals surface area (Å²) in [4.78, 5) is 30.8. The molecule has 3 aromatic rings. The van der Waals surface area contributed by atoms with Gasteiger partial charge in [-0.3, -0.25) is 9.69 Å². The number of ether oxygens (including phenoxy) is 3. The van der Waals surface area contributed by atoms with E-state index in [-0.39, 0.29) is 25.3 Å². The number of nitrogens with one attached hydrogen (secondary N) is 1. The fraction of sp³-hybridized carbons (Fsp3) is 0.463. The first-order chi connectivity index (χ1) is 24.6. The van der Waals surface area contributed by atoms with Crippen molar-refractivity contribution in [3.8, 4) is 5.75 Å². The minimum atomic E-state index is -1.02. The van der Waals surface area contributed by atoms with Gasteiger partial charge in [-0.1, -0.05) is 78.9 Å². The van der Waals surface area contributed by atoms with Crippen LogP contribution < -0.4 is 10.1 Å². The fourth-order valence-electron chi connectivity index (χ4n) is 6.65. The second kappa shape index (κ2) is 18.3. The Morgan fingerprint density at radius 2 is 1.78 bits per heavy atom. The smallest absolute Gasteiger partial charge is 0.407 e. The van der Waals surface area contributed by atoms with Crippen molar-refractivity contribution < 1.29 is 34.0 Å². The Labute approximate surface area is 302 Å². The van der Waals surface area contributed by atoms with Crippen molar-refractivity contribution in [2.75, 3.05) is 46.0 Å². The largest absolute Gasteiger partial charge is 0.492 e. The Morgan fingerprint density at radius 1 is 1.04 bits per heavy atom. The first-order valence-electron chi connectivity index (χ1n) is 18.0. The van der Waals surface area contributed by atoms with Crippen LogP contribution in [0.2, 0.25) is 0 Å². The lowest BCUT2D eigenvalue weighted by molar-refractivity contribution is -0.136. The van der Waals surface area contributed by atoms with Crippen molar-refractivity contribution in [1.29, 1.82) is 0 Å². The third kappa shape index (κ3) is 11.7. The Balaban J connectivity index is 1.26. The Hall–Kier alpha value is -4.22. The highest BCUT2D eigenvalue weighted by Gasteiger charge is 2.37. The number of nitrogens with zero attached hydrogens (tertiary/aromatic N) is 2. The van der Waals surface area contributed by atoms with Crippen LogP contribution in [0.15, 0.2) is 84.9 Å². The van der Waals surface area contributed by atoms with E-state index in [1.807, 2.05) is 91.0 Å². The van der Waals surface area contributed by atoms with Crippen molar-refractivity contribution in [1.82, 2.24) is 15.1 Å². The summed E-state index contributed by atoms with van der Waals surface area (Å²) in [6.45, 7) is 10.4. The van der Waals surface area contributed by atoms with Gasteiger partial charge in [0.1, 0.15) is 18.0 Å². The molecule has 10 nitrogen and oxygen atoms in total. The Morgan fingerprint density at radius 3 is 2.55 bits per heavy atom. The third-order valence-corrected chi connectivity index (χ3v) is 9.19. The highest BCUT2D eigenvalue weighted by molar-refractivity contribution is 5.77. The molecular formula is C41H53N3O7. The van der Waals surface area contributed by atoms with Gasteiger partial charge in [-0.15, -0.1) is 0 Å². The summed E-state index contributed by atoms with van der Waals surface area (Å²) in [6, 6.07) is 24.0. The number of aliphatic hydroxyl groups is 2. The van der Waals surface area contributed by atoms with Crippen molar-refractivity contribution in [2.24, 2.45) is 0 Å². The number of fused-ring (bicyclic) bond motifs is 1. The van der Waals surface area contributed by atoms with Gasteiger partial charge in [0.15, 0.2) is 0 Å². The first kappa shape index (κ1) is 38.0. The summed E-state index contributed by atoms with van der Waals surface area (Å²) in [7, 11) is 0. The van der Waals surface area contributed by atoms with E-state index in [1.54, 1.807) is 25.7 Å². The predicted molar refractivity (Wildman–Crippen MR) is 197 cm³/mol. The van der Waals surface area contributed by atoms with Gasteiger partial charge in [-0.05, 0) is 68.0 Å². The summed E-state index contributed by atoms with van der Waals surface area (Å²) >= 11 is 0. The molecule has 0 radical (unpaired) electrons. The average molecular weight is 700 g/mol. The van der Waals surface area contributed by atoms with E-state index in [0.717, 1.165) is 60.9 Å². The number of benzene rings is 3. The van der Waals surface area contributed by atoms with Crippen molar-refractivity contribution in [3.63, 3.8) is 0 Å². The first-order valence-corrected chi connectivity index (χ1v) is 18.0. The molecule has 2 amide bonds. The minimum Gasteiger partial charge on any atom is -0.492 e. The molecule has 0 spiro atoms. The summed E-state index contributed by atoms with van der Waals surface area (Å²) in [6.07, 6.45) is 2.44. The molecular weight excluding hydrogens is 646 g/mol. The molecule has 0 bridgehead atoms. The molecule has 1 saturated heterocycles. The third-order valence-electron chi connectivity index (χ3n) is 9.19. The van der Waals surface area contributed by atoms with Crippen molar-refractivity contribution in [2.45, 2.75) is 76.3 Å². The highest BCUT2D eigenvalue weighted by Crippen LogP contribution is 2.36. The quantitative estimate of drug-likeness (QED) is 0.199. The molecule has 4 atom stereocenters. The number of aliphatic hydroxyl groups excluding tert-OH is 2. The fourth-order valence-corrected chi connectivity index (χ4v) is 6.65. The second-order valence-corrected chi connectivity index (χ2v) is 14.3. The lowest BCUT2D eigenvalue weighted by atomic mass is 9.97. The molecule has 0 aromatic heterocycles. The summed E-state index contributed by atoms with van der Waals surface area (Å²) < 4.78 is 16.9. The number of carbonyl (C=O) groups is 2. The van der Waals surface area contributed by atoms with Gasteiger partial charge in [-0.2, -0.15) is 0 Å². The monoisotopic (exact) mass is 699 g/mol. The molecule has 0 unspecified atom stereocenters.